The Kier molecular flexibility index (Phi) is 1.23. The van der Waals surface area contributed by atoms with Crippen LogP contribution < -0.4 is 0 Å². The fraction of sp³-hybridized carbons (Fsp3) is 0. The SMILES string of the molecule is [C]#Cn1cc(Cl)cn1. The van der Waals surface area contributed by atoms with Crippen LogP contribution in [-0.4, -0.2) is 9.78 Å². The van der Waals surface area contributed by atoms with Gasteiger partial charge in [-0.2, -0.15) is 9.78 Å². The quantitative estimate of drug-likeness (QED) is 0.472. The Bertz CT molecular complexity index is 221. The number of halogens is 1. The summed E-state index contributed by atoms with van der Waals surface area (Å²) in [5.74, 6) is 0. The Morgan fingerprint density at radius 1 is 1.88 bits per heavy atom. The van der Waals surface area contributed by atoms with E-state index in [0.29, 0.717) is 5.02 Å². The average molecular weight is 126 g/mol. The van der Waals surface area contributed by atoms with Crippen molar-refractivity contribution in [3.63, 3.8) is 0 Å². The first-order valence-electron chi connectivity index (χ1n) is 1.96. The second-order valence-electron chi connectivity index (χ2n) is 1.21. The molecule has 0 saturated heterocycles. The topological polar surface area (TPSA) is 17.8 Å². The molecule has 0 unspecified atom stereocenters. The Morgan fingerprint density at radius 3 is 2.88 bits per heavy atom. The van der Waals surface area contributed by atoms with Crippen LogP contribution in [0.2, 0.25) is 5.02 Å². The van der Waals surface area contributed by atoms with E-state index in [0.717, 1.165) is 0 Å². The predicted molar refractivity (Wildman–Crippen MR) is 29.8 cm³/mol. The molecule has 1 rings (SSSR count). The van der Waals surface area contributed by atoms with Crippen molar-refractivity contribution < 1.29 is 0 Å². The molecule has 3 heteroatoms. The van der Waals surface area contributed by atoms with Gasteiger partial charge in [0.05, 0.1) is 17.4 Å². The van der Waals surface area contributed by atoms with Crippen LogP contribution in [0.25, 0.3) is 0 Å². The monoisotopic (exact) mass is 125 g/mol. The number of hydrogen-bond donors (Lipinski definition) is 0. The molecule has 1 radical (unpaired) electrons. The maximum Gasteiger partial charge on any atom is 0.0798 e. The normalized spacial score (nSPS) is 8.50. The highest BCUT2D eigenvalue weighted by atomic mass is 35.5. The standard InChI is InChI=1S/C5H2ClN2/c1-2-8-4-5(6)3-7-8/h3-4H. The molecule has 1 aromatic heterocycles. The van der Waals surface area contributed by atoms with Crippen LogP contribution in [0.1, 0.15) is 0 Å². The van der Waals surface area contributed by atoms with Gasteiger partial charge in [0.15, 0.2) is 0 Å². The van der Waals surface area contributed by atoms with Crippen LogP contribution in [0.5, 0.6) is 0 Å². The second kappa shape index (κ2) is 1.89. The van der Waals surface area contributed by atoms with Crippen molar-refractivity contribution in [2.75, 3.05) is 0 Å². The van der Waals surface area contributed by atoms with E-state index in [2.05, 4.69) is 5.10 Å². The van der Waals surface area contributed by atoms with Crippen molar-refractivity contribution in [1.82, 2.24) is 9.78 Å². The molecule has 0 N–H and O–H groups in total. The maximum atomic E-state index is 6.55. The third-order valence-corrected chi connectivity index (χ3v) is 0.861. The van der Waals surface area contributed by atoms with Crippen LogP contribution in [-0.2, 0) is 0 Å². The van der Waals surface area contributed by atoms with Crippen molar-refractivity contribution in [1.29, 1.82) is 0 Å². The van der Waals surface area contributed by atoms with Crippen molar-refractivity contribution >= 4 is 11.6 Å². The average Bonchev–Trinajstić information content (AvgIpc) is 2.14. The lowest BCUT2D eigenvalue weighted by molar-refractivity contribution is 0.916. The Labute approximate surface area is 52.1 Å². The number of hydrogen-bond acceptors (Lipinski definition) is 1. The fourth-order valence-electron chi connectivity index (χ4n) is 0.362. The molecular formula is C5H2ClN2. The largest absolute Gasteiger partial charge is 0.195 e. The van der Waals surface area contributed by atoms with E-state index in [1.165, 1.54) is 17.1 Å². The zero-order chi connectivity index (χ0) is 5.98. The summed E-state index contributed by atoms with van der Waals surface area (Å²) in [4.78, 5) is 0. The Balaban J connectivity index is 3.05. The van der Waals surface area contributed by atoms with Crippen LogP contribution in [0.4, 0.5) is 0 Å². The third-order valence-electron chi connectivity index (χ3n) is 0.666. The first-order chi connectivity index (χ1) is 3.83. The maximum absolute atomic E-state index is 6.55. The summed E-state index contributed by atoms with van der Waals surface area (Å²) in [6.45, 7) is 0. The second-order valence-corrected chi connectivity index (χ2v) is 1.65. The zero-order valence-electron chi connectivity index (χ0n) is 3.93. The first kappa shape index (κ1) is 5.20. The van der Waals surface area contributed by atoms with E-state index in [9.17, 15) is 0 Å². The smallest absolute Gasteiger partial charge is 0.0798 e. The highest BCUT2D eigenvalue weighted by Gasteiger charge is 1.87. The molecule has 0 spiro atoms. The van der Waals surface area contributed by atoms with Gasteiger partial charge in [0.25, 0.3) is 0 Å². The van der Waals surface area contributed by atoms with E-state index in [-0.39, 0.29) is 0 Å². The Morgan fingerprint density at radius 2 is 2.62 bits per heavy atom. The molecule has 2 nitrogen and oxygen atoms in total. The molecule has 1 aromatic rings. The summed E-state index contributed by atoms with van der Waals surface area (Å²) in [5.41, 5.74) is 0. The van der Waals surface area contributed by atoms with Gasteiger partial charge in [-0.05, 0) is 0 Å². The summed E-state index contributed by atoms with van der Waals surface area (Å²) in [7, 11) is 0. The summed E-state index contributed by atoms with van der Waals surface area (Å²) >= 11 is 5.43. The molecule has 1 heterocycles. The van der Waals surface area contributed by atoms with Crippen molar-refractivity contribution in [2.45, 2.75) is 0 Å². The van der Waals surface area contributed by atoms with Crippen molar-refractivity contribution in [3.05, 3.63) is 23.8 Å². The van der Waals surface area contributed by atoms with E-state index >= 15 is 0 Å². The van der Waals surface area contributed by atoms with Crippen molar-refractivity contribution in [3.8, 4) is 6.04 Å². The van der Waals surface area contributed by atoms with Crippen molar-refractivity contribution in [2.24, 2.45) is 0 Å². The van der Waals surface area contributed by atoms with Gasteiger partial charge >= 0.3 is 0 Å². The van der Waals surface area contributed by atoms with E-state index in [1.54, 1.807) is 0 Å². The fourth-order valence-corrected chi connectivity index (χ4v) is 0.498. The molecule has 8 heavy (non-hydrogen) atoms. The summed E-state index contributed by atoms with van der Waals surface area (Å²) in [6, 6.07) is 2.02. The van der Waals surface area contributed by atoms with Gasteiger partial charge in [-0.1, -0.05) is 11.6 Å². The lowest BCUT2D eigenvalue weighted by Gasteiger charge is -1.76. The van der Waals surface area contributed by atoms with Gasteiger partial charge in [-0.3, -0.25) is 0 Å². The third kappa shape index (κ3) is 0.824. The summed E-state index contributed by atoms with van der Waals surface area (Å²) in [6.07, 6.45) is 9.49. The van der Waals surface area contributed by atoms with Crippen LogP contribution in [0.15, 0.2) is 12.4 Å². The summed E-state index contributed by atoms with van der Waals surface area (Å²) < 4.78 is 1.20. The Hall–Kier alpha value is -0.940. The number of aromatic nitrogens is 2. The molecule has 0 amide bonds. The molecule has 0 aliphatic carbocycles. The van der Waals surface area contributed by atoms with Gasteiger partial charge in [-0.15, -0.1) is 0 Å². The first-order valence-corrected chi connectivity index (χ1v) is 2.33. The van der Waals surface area contributed by atoms with E-state index in [4.69, 9.17) is 18.0 Å². The molecule has 39 valence electrons. The van der Waals surface area contributed by atoms with Gasteiger partial charge in [-0.25, -0.2) is 0 Å². The van der Waals surface area contributed by atoms with E-state index in [1.807, 2.05) is 6.04 Å². The minimum absolute atomic E-state index is 0.518. The molecule has 0 saturated carbocycles. The van der Waals surface area contributed by atoms with Gasteiger partial charge < -0.3 is 0 Å². The lowest BCUT2D eigenvalue weighted by Crippen LogP contribution is -1.84. The highest BCUT2D eigenvalue weighted by Crippen LogP contribution is 2.02. The van der Waals surface area contributed by atoms with Crippen LogP contribution in [0.3, 0.4) is 0 Å². The number of nitrogens with zero attached hydrogens (tertiary/aromatic N) is 2. The molecule has 0 aliphatic rings. The molecule has 0 fully saturated rings. The molecule has 0 atom stereocenters. The lowest BCUT2D eigenvalue weighted by atomic mass is 10.7. The van der Waals surface area contributed by atoms with E-state index < -0.39 is 0 Å². The van der Waals surface area contributed by atoms with Crippen LogP contribution in [0, 0.1) is 12.5 Å². The summed E-state index contributed by atoms with van der Waals surface area (Å²) in [5, 5.41) is 4.14. The van der Waals surface area contributed by atoms with Crippen LogP contribution >= 0.6 is 11.6 Å². The minimum atomic E-state index is 0.518. The zero-order valence-corrected chi connectivity index (χ0v) is 4.68. The number of rotatable bonds is 0. The minimum Gasteiger partial charge on any atom is -0.195 e. The molecule has 0 aromatic carbocycles. The predicted octanol–water partition coefficient (Wildman–Crippen LogP) is 0.932. The van der Waals surface area contributed by atoms with Gasteiger partial charge in [0, 0.05) is 12.5 Å². The van der Waals surface area contributed by atoms with Gasteiger partial charge in [0.1, 0.15) is 0 Å². The van der Waals surface area contributed by atoms with Gasteiger partial charge in [0.2, 0.25) is 0 Å². The molecular weight excluding hydrogens is 124 g/mol. The highest BCUT2D eigenvalue weighted by molar-refractivity contribution is 6.30. The molecule has 0 aliphatic heterocycles. The molecule has 0 bridgehead atoms.